The fraction of sp³-hybridized carbons (Fsp3) is 0.438. The Morgan fingerprint density at radius 1 is 1.42 bits per heavy atom. The molecular formula is C16H18ClN5O2. The normalized spacial score (nSPS) is 18.5. The van der Waals surface area contributed by atoms with Crippen molar-refractivity contribution in [3.63, 3.8) is 0 Å². The Hall–Kier alpha value is -2.12. The van der Waals surface area contributed by atoms with Crippen LogP contribution in [0.2, 0.25) is 5.15 Å². The van der Waals surface area contributed by atoms with E-state index < -0.39 is 0 Å². The zero-order valence-corrected chi connectivity index (χ0v) is 14.3. The SMILES string of the molecule is Cc1nn(C)c(Cl)c1[C@H]1CCCN1Cc1nc(-c2ccoc2)no1. The summed E-state index contributed by atoms with van der Waals surface area (Å²) in [4.78, 5) is 6.78. The van der Waals surface area contributed by atoms with E-state index in [0.717, 1.165) is 36.2 Å². The lowest BCUT2D eigenvalue weighted by atomic mass is 10.1. The van der Waals surface area contributed by atoms with Gasteiger partial charge in [-0.1, -0.05) is 16.8 Å². The predicted octanol–water partition coefficient (Wildman–Crippen LogP) is 3.36. The number of halogens is 1. The van der Waals surface area contributed by atoms with Crippen LogP contribution < -0.4 is 0 Å². The molecule has 3 aromatic heterocycles. The molecule has 0 N–H and O–H groups in total. The van der Waals surface area contributed by atoms with Gasteiger partial charge in [-0.05, 0) is 32.4 Å². The Kier molecular flexibility index (Phi) is 3.90. The molecule has 1 fully saturated rings. The summed E-state index contributed by atoms with van der Waals surface area (Å²) in [5, 5.41) is 9.16. The summed E-state index contributed by atoms with van der Waals surface area (Å²) in [6.45, 7) is 3.57. The minimum absolute atomic E-state index is 0.232. The van der Waals surface area contributed by atoms with Gasteiger partial charge >= 0.3 is 0 Å². The van der Waals surface area contributed by atoms with Crippen molar-refractivity contribution in [2.75, 3.05) is 6.54 Å². The third kappa shape index (κ3) is 2.63. The van der Waals surface area contributed by atoms with Gasteiger partial charge in [0.15, 0.2) is 0 Å². The van der Waals surface area contributed by atoms with E-state index in [1.54, 1.807) is 17.2 Å². The summed E-state index contributed by atoms with van der Waals surface area (Å²) in [5.41, 5.74) is 2.89. The van der Waals surface area contributed by atoms with Gasteiger partial charge < -0.3 is 8.94 Å². The number of furan rings is 1. The molecule has 1 aliphatic rings. The van der Waals surface area contributed by atoms with Crippen molar-refractivity contribution < 1.29 is 8.94 Å². The van der Waals surface area contributed by atoms with Crippen LogP contribution >= 0.6 is 11.6 Å². The third-order valence-electron chi connectivity index (χ3n) is 4.48. The van der Waals surface area contributed by atoms with Crippen molar-refractivity contribution in [2.24, 2.45) is 7.05 Å². The molecule has 1 atom stereocenters. The van der Waals surface area contributed by atoms with Crippen LogP contribution in [0.5, 0.6) is 0 Å². The lowest BCUT2D eigenvalue weighted by Crippen LogP contribution is -2.23. The largest absolute Gasteiger partial charge is 0.472 e. The highest BCUT2D eigenvalue weighted by Crippen LogP contribution is 2.38. The van der Waals surface area contributed by atoms with Crippen LogP contribution in [0.25, 0.3) is 11.4 Å². The van der Waals surface area contributed by atoms with Crippen LogP contribution in [0.15, 0.2) is 27.5 Å². The molecule has 0 spiro atoms. The summed E-state index contributed by atoms with van der Waals surface area (Å²) < 4.78 is 12.2. The van der Waals surface area contributed by atoms with E-state index in [-0.39, 0.29) is 6.04 Å². The summed E-state index contributed by atoms with van der Waals surface area (Å²) in [6.07, 6.45) is 5.36. The van der Waals surface area contributed by atoms with Gasteiger partial charge in [0.25, 0.3) is 0 Å². The molecule has 3 aromatic rings. The predicted molar refractivity (Wildman–Crippen MR) is 87.3 cm³/mol. The molecular weight excluding hydrogens is 330 g/mol. The molecule has 0 aliphatic carbocycles. The van der Waals surface area contributed by atoms with E-state index in [0.29, 0.717) is 23.4 Å². The van der Waals surface area contributed by atoms with E-state index in [9.17, 15) is 0 Å². The van der Waals surface area contributed by atoms with Crippen molar-refractivity contribution in [2.45, 2.75) is 32.4 Å². The van der Waals surface area contributed by atoms with Gasteiger partial charge in [-0.15, -0.1) is 0 Å². The highest BCUT2D eigenvalue weighted by atomic mass is 35.5. The van der Waals surface area contributed by atoms with E-state index in [1.165, 1.54) is 0 Å². The number of hydrogen-bond donors (Lipinski definition) is 0. The summed E-state index contributed by atoms with van der Waals surface area (Å²) in [6, 6.07) is 2.04. The minimum Gasteiger partial charge on any atom is -0.472 e. The van der Waals surface area contributed by atoms with Gasteiger partial charge in [0.1, 0.15) is 11.4 Å². The molecule has 8 heteroatoms. The van der Waals surface area contributed by atoms with Crippen LogP contribution in [-0.2, 0) is 13.6 Å². The first kappa shape index (κ1) is 15.4. The average Bonchev–Trinajstić information content (AvgIpc) is 3.30. The standard InChI is InChI=1S/C16H18ClN5O2/c1-10-14(15(17)21(2)19-10)12-4-3-6-22(12)8-13-18-16(20-24-13)11-5-7-23-9-11/h5,7,9,12H,3-4,6,8H2,1-2H3/t12-/m1/s1. The van der Waals surface area contributed by atoms with E-state index in [2.05, 4.69) is 20.1 Å². The van der Waals surface area contributed by atoms with Crippen molar-refractivity contribution in [1.82, 2.24) is 24.8 Å². The maximum Gasteiger partial charge on any atom is 0.241 e. The topological polar surface area (TPSA) is 73.1 Å². The Morgan fingerprint density at radius 3 is 3.00 bits per heavy atom. The molecule has 7 nitrogen and oxygen atoms in total. The molecule has 4 heterocycles. The van der Waals surface area contributed by atoms with Gasteiger partial charge in [0, 0.05) is 18.7 Å². The van der Waals surface area contributed by atoms with Crippen molar-refractivity contribution in [3.05, 3.63) is 40.9 Å². The molecule has 0 saturated carbocycles. The summed E-state index contributed by atoms with van der Waals surface area (Å²) in [5.74, 6) is 1.14. The van der Waals surface area contributed by atoms with E-state index in [1.807, 2.05) is 20.0 Å². The summed E-state index contributed by atoms with van der Waals surface area (Å²) in [7, 11) is 1.87. The number of rotatable bonds is 4. The molecule has 1 saturated heterocycles. The smallest absolute Gasteiger partial charge is 0.241 e. The van der Waals surface area contributed by atoms with Gasteiger partial charge in [-0.25, -0.2) is 0 Å². The monoisotopic (exact) mass is 347 g/mol. The van der Waals surface area contributed by atoms with Crippen LogP contribution in [0.1, 0.15) is 36.0 Å². The minimum atomic E-state index is 0.232. The first-order valence-electron chi connectivity index (χ1n) is 7.91. The first-order chi connectivity index (χ1) is 11.6. The molecule has 1 aliphatic heterocycles. The summed E-state index contributed by atoms with van der Waals surface area (Å²) >= 11 is 6.45. The van der Waals surface area contributed by atoms with Crippen molar-refractivity contribution in [3.8, 4) is 11.4 Å². The maximum absolute atomic E-state index is 6.45. The van der Waals surface area contributed by atoms with E-state index in [4.69, 9.17) is 20.5 Å². The number of nitrogens with zero attached hydrogens (tertiary/aromatic N) is 5. The third-order valence-corrected chi connectivity index (χ3v) is 4.93. The highest BCUT2D eigenvalue weighted by molar-refractivity contribution is 6.30. The fourth-order valence-corrected chi connectivity index (χ4v) is 3.67. The number of hydrogen-bond acceptors (Lipinski definition) is 6. The average molecular weight is 348 g/mol. The van der Waals surface area contributed by atoms with Gasteiger partial charge in [0.2, 0.25) is 11.7 Å². The van der Waals surface area contributed by atoms with E-state index >= 15 is 0 Å². The van der Waals surface area contributed by atoms with Crippen LogP contribution in [0.4, 0.5) is 0 Å². The van der Waals surface area contributed by atoms with Gasteiger partial charge in [-0.3, -0.25) is 9.58 Å². The zero-order chi connectivity index (χ0) is 16.7. The lowest BCUT2D eigenvalue weighted by Gasteiger charge is -2.22. The number of likely N-dealkylation sites (tertiary alicyclic amines) is 1. The van der Waals surface area contributed by atoms with Gasteiger partial charge in [-0.2, -0.15) is 10.1 Å². The van der Waals surface area contributed by atoms with Crippen LogP contribution in [0, 0.1) is 6.92 Å². The second-order valence-corrected chi connectivity index (χ2v) is 6.42. The Labute approximate surface area is 144 Å². The Bertz CT molecular complexity index is 839. The lowest BCUT2D eigenvalue weighted by molar-refractivity contribution is 0.212. The molecule has 0 unspecified atom stereocenters. The first-order valence-corrected chi connectivity index (χ1v) is 8.29. The molecule has 0 aromatic carbocycles. The fourth-order valence-electron chi connectivity index (χ4n) is 3.37. The molecule has 0 amide bonds. The molecule has 24 heavy (non-hydrogen) atoms. The van der Waals surface area contributed by atoms with Crippen molar-refractivity contribution in [1.29, 1.82) is 0 Å². The zero-order valence-electron chi connectivity index (χ0n) is 13.6. The molecule has 4 rings (SSSR count). The second-order valence-electron chi connectivity index (χ2n) is 6.07. The highest BCUT2D eigenvalue weighted by Gasteiger charge is 2.32. The quantitative estimate of drug-likeness (QED) is 0.720. The number of aromatic nitrogens is 4. The molecule has 126 valence electrons. The molecule has 0 bridgehead atoms. The van der Waals surface area contributed by atoms with Crippen LogP contribution in [-0.4, -0.2) is 31.4 Å². The van der Waals surface area contributed by atoms with Crippen LogP contribution in [0.3, 0.4) is 0 Å². The molecule has 0 radical (unpaired) electrons. The number of aryl methyl sites for hydroxylation is 2. The maximum atomic E-state index is 6.45. The Balaban J connectivity index is 1.56. The second kappa shape index (κ2) is 6.07. The van der Waals surface area contributed by atoms with Gasteiger partial charge in [0.05, 0.1) is 24.1 Å². The Morgan fingerprint density at radius 2 is 2.29 bits per heavy atom. The van der Waals surface area contributed by atoms with Crippen molar-refractivity contribution >= 4 is 11.6 Å².